The molecule has 0 bridgehead atoms. The van der Waals surface area contributed by atoms with Gasteiger partial charge < -0.3 is 22.1 Å². The molecule has 23 heavy (non-hydrogen) atoms. The van der Waals surface area contributed by atoms with Crippen LogP contribution in [-0.4, -0.2) is 23.0 Å². The number of carboxylic acids is 1. The van der Waals surface area contributed by atoms with Crippen molar-refractivity contribution in [2.75, 3.05) is 5.75 Å². The summed E-state index contributed by atoms with van der Waals surface area (Å²) in [5.41, 5.74) is 1.90. The molecule has 0 heterocycles. The SMILES string of the molecule is O=C(O)CSC(C=Nc1ccccc1)=C[NH2+]c1ccccc1.[Br-]. The first kappa shape index (κ1) is 19.2. The van der Waals surface area contributed by atoms with Crippen LogP contribution in [0.3, 0.4) is 0 Å². The molecule has 3 N–H and O–H groups in total. The number of rotatable bonds is 7. The van der Waals surface area contributed by atoms with E-state index in [0.717, 1.165) is 16.3 Å². The van der Waals surface area contributed by atoms with Gasteiger partial charge in [0.05, 0.1) is 16.3 Å². The molecular formula is C17H17BrN2O2S. The molecule has 2 aromatic rings. The van der Waals surface area contributed by atoms with E-state index in [1.807, 2.05) is 72.2 Å². The van der Waals surface area contributed by atoms with E-state index in [2.05, 4.69) is 4.99 Å². The maximum atomic E-state index is 10.7. The molecule has 0 spiro atoms. The third-order valence-electron chi connectivity index (χ3n) is 2.70. The molecule has 4 nitrogen and oxygen atoms in total. The molecule has 2 rings (SSSR count). The van der Waals surface area contributed by atoms with Gasteiger partial charge in [0.15, 0.2) is 0 Å². The summed E-state index contributed by atoms with van der Waals surface area (Å²) in [6.45, 7) is 0. The molecule has 0 amide bonds. The van der Waals surface area contributed by atoms with Crippen LogP contribution in [0.15, 0.2) is 76.8 Å². The number of aliphatic imine (C=N–C) groups is 1. The molecule has 0 radical (unpaired) electrons. The van der Waals surface area contributed by atoms with Crippen molar-refractivity contribution in [2.24, 2.45) is 4.99 Å². The minimum atomic E-state index is -0.844. The largest absolute Gasteiger partial charge is 1.00 e. The summed E-state index contributed by atoms with van der Waals surface area (Å²) in [4.78, 5) is 15.9. The minimum Gasteiger partial charge on any atom is -1.00 e. The molecule has 0 aromatic heterocycles. The van der Waals surface area contributed by atoms with Crippen LogP contribution in [0.2, 0.25) is 0 Å². The van der Waals surface area contributed by atoms with Gasteiger partial charge in [-0.05, 0) is 24.3 Å². The van der Waals surface area contributed by atoms with Gasteiger partial charge in [0.25, 0.3) is 0 Å². The number of aliphatic carboxylic acids is 1. The maximum Gasteiger partial charge on any atom is 0.313 e. The van der Waals surface area contributed by atoms with Crippen molar-refractivity contribution in [3.63, 3.8) is 0 Å². The van der Waals surface area contributed by atoms with Crippen molar-refractivity contribution in [1.82, 2.24) is 0 Å². The number of nitrogens with two attached hydrogens (primary N) is 1. The number of carboxylic acid groups (broad SMARTS) is 1. The van der Waals surface area contributed by atoms with Gasteiger partial charge in [0.2, 0.25) is 0 Å². The molecule has 0 saturated heterocycles. The average Bonchev–Trinajstić information content (AvgIpc) is 2.56. The van der Waals surface area contributed by atoms with Crippen molar-refractivity contribution in [2.45, 2.75) is 0 Å². The van der Waals surface area contributed by atoms with Gasteiger partial charge in [-0.1, -0.05) is 36.4 Å². The lowest BCUT2D eigenvalue weighted by molar-refractivity contribution is -0.496. The molecule has 6 heteroatoms. The highest BCUT2D eigenvalue weighted by Gasteiger charge is 2.03. The predicted octanol–water partition coefficient (Wildman–Crippen LogP) is -0.0528. The number of thioether (sulfide) groups is 1. The van der Waals surface area contributed by atoms with Gasteiger partial charge in [-0.25, -0.2) is 0 Å². The third kappa shape index (κ3) is 7.78. The number of para-hydroxylation sites is 2. The van der Waals surface area contributed by atoms with E-state index in [1.165, 1.54) is 11.8 Å². The topological polar surface area (TPSA) is 66.3 Å². The van der Waals surface area contributed by atoms with E-state index in [-0.39, 0.29) is 22.7 Å². The van der Waals surface area contributed by atoms with Gasteiger partial charge >= 0.3 is 5.97 Å². The zero-order chi connectivity index (χ0) is 15.6. The van der Waals surface area contributed by atoms with Gasteiger partial charge in [-0.2, -0.15) is 0 Å². The first-order chi connectivity index (χ1) is 10.7. The monoisotopic (exact) mass is 392 g/mol. The molecular weight excluding hydrogens is 376 g/mol. The van der Waals surface area contributed by atoms with Gasteiger partial charge in [0, 0.05) is 6.21 Å². The van der Waals surface area contributed by atoms with Crippen LogP contribution < -0.4 is 22.3 Å². The summed E-state index contributed by atoms with van der Waals surface area (Å²) >= 11 is 1.25. The normalized spacial score (nSPS) is 11.2. The van der Waals surface area contributed by atoms with Crippen molar-refractivity contribution < 1.29 is 32.2 Å². The first-order valence-corrected chi connectivity index (χ1v) is 7.76. The van der Waals surface area contributed by atoms with Crippen molar-refractivity contribution >= 4 is 35.3 Å². The van der Waals surface area contributed by atoms with E-state index < -0.39 is 5.97 Å². The highest BCUT2D eigenvalue weighted by molar-refractivity contribution is 8.04. The van der Waals surface area contributed by atoms with E-state index >= 15 is 0 Å². The Balaban J connectivity index is 0.00000264. The number of quaternary nitrogens is 1. The first-order valence-electron chi connectivity index (χ1n) is 6.78. The van der Waals surface area contributed by atoms with Crippen molar-refractivity contribution in [3.05, 3.63) is 71.8 Å². The van der Waals surface area contributed by atoms with Crippen LogP contribution in [0.25, 0.3) is 0 Å². The van der Waals surface area contributed by atoms with Crippen molar-refractivity contribution in [3.8, 4) is 0 Å². The number of hydrogen-bond donors (Lipinski definition) is 2. The molecule has 120 valence electrons. The molecule has 0 aliphatic heterocycles. The van der Waals surface area contributed by atoms with Crippen LogP contribution in [0, 0.1) is 0 Å². The van der Waals surface area contributed by atoms with Crippen LogP contribution in [-0.2, 0) is 4.79 Å². The van der Waals surface area contributed by atoms with Crippen LogP contribution >= 0.6 is 11.8 Å². The fraction of sp³-hybridized carbons (Fsp3) is 0.0588. The van der Waals surface area contributed by atoms with E-state index in [4.69, 9.17) is 5.11 Å². The number of benzene rings is 2. The summed E-state index contributed by atoms with van der Waals surface area (Å²) in [7, 11) is 0. The van der Waals surface area contributed by atoms with E-state index in [0.29, 0.717) is 0 Å². The van der Waals surface area contributed by atoms with Gasteiger partial charge in [-0.15, -0.1) is 11.8 Å². The summed E-state index contributed by atoms with van der Waals surface area (Å²) in [6.07, 6.45) is 3.58. The molecule has 0 atom stereocenters. The highest BCUT2D eigenvalue weighted by Crippen LogP contribution is 2.15. The van der Waals surface area contributed by atoms with Gasteiger partial charge in [0.1, 0.15) is 11.9 Å². The maximum absolute atomic E-state index is 10.7. The van der Waals surface area contributed by atoms with Crippen LogP contribution in [0.1, 0.15) is 0 Å². The third-order valence-corrected chi connectivity index (χ3v) is 3.67. The lowest BCUT2D eigenvalue weighted by Crippen LogP contribution is -3.00. The summed E-state index contributed by atoms with van der Waals surface area (Å²) in [5, 5.41) is 10.8. The van der Waals surface area contributed by atoms with Crippen LogP contribution in [0.4, 0.5) is 11.4 Å². The molecule has 0 fully saturated rings. The molecule has 0 unspecified atom stereocenters. The second kappa shape index (κ2) is 10.8. The standard InChI is InChI=1S/C17H16N2O2S.BrH/c20-17(21)13-22-16(11-18-14-7-3-1-4-8-14)12-19-15-9-5-2-6-10-15;/h1-12,18H,13H2,(H,20,21);1H. The Hall–Kier alpha value is -1.89. The Morgan fingerprint density at radius 2 is 1.70 bits per heavy atom. The Morgan fingerprint density at radius 3 is 2.30 bits per heavy atom. The second-order valence-electron chi connectivity index (χ2n) is 4.42. The zero-order valence-corrected chi connectivity index (χ0v) is 14.7. The molecule has 0 aliphatic carbocycles. The molecule has 0 aliphatic rings. The lowest BCUT2D eigenvalue weighted by atomic mass is 10.3. The predicted molar refractivity (Wildman–Crippen MR) is 90.8 cm³/mol. The number of allylic oxidation sites excluding steroid dienone is 1. The molecule has 0 saturated carbocycles. The number of carbonyl (C=O) groups is 1. The summed E-state index contributed by atoms with van der Waals surface area (Å²) in [6, 6.07) is 19.4. The molecule has 2 aromatic carbocycles. The lowest BCUT2D eigenvalue weighted by Gasteiger charge is -1.99. The van der Waals surface area contributed by atoms with Gasteiger partial charge in [-0.3, -0.25) is 15.1 Å². The van der Waals surface area contributed by atoms with E-state index in [1.54, 1.807) is 6.21 Å². The van der Waals surface area contributed by atoms with E-state index in [9.17, 15) is 4.79 Å². The highest BCUT2D eigenvalue weighted by atomic mass is 79.9. The Labute approximate surface area is 150 Å². The number of nitrogens with zero attached hydrogens (tertiary/aromatic N) is 1. The summed E-state index contributed by atoms with van der Waals surface area (Å²) in [5.74, 6) is -0.835. The fourth-order valence-electron chi connectivity index (χ4n) is 1.67. The Morgan fingerprint density at radius 1 is 1.09 bits per heavy atom. The second-order valence-corrected chi connectivity index (χ2v) is 5.47. The average molecular weight is 393 g/mol. The Kier molecular flexibility index (Phi) is 8.97. The quantitative estimate of drug-likeness (QED) is 0.512. The smallest absolute Gasteiger partial charge is 0.313 e. The number of hydrogen-bond acceptors (Lipinski definition) is 3. The Bertz CT molecular complexity index is 661. The summed E-state index contributed by atoms with van der Waals surface area (Å²) < 4.78 is 0. The van der Waals surface area contributed by atoms with Crippen molar-refractivity contribution in [1.29, 1.82) is 0 Å². The zero-order valence-electron chi connectivity index (χ0n) is 12.3. The minimum absolute atomic E-state index is 0. The van der Waals surface area contributed by atoms with Crippen LogP contribution in [0.5, 0.6) is 0 Å². The fourth-order valence-corrected chi connectivity index (χ4v) is 2.25. The number of halogens is 1.